The first-order chi connectivity index (χ1) is 16.4. The second-order valence-electron chi connectivity index (χ2n) is 8.36. The first-order valence-corrected chi connectivity index (χ1v) is 12.9. The van der Waals surface area contributed by atoms with E-state index in [2.05, 4.69) is 5.32 Å². The number of carbonyl (C=O) groups is 2. The molecule has 1 N–H and O–H groups in total. The average Bonchev–Trinajstić information content (AvgIpc) is 3.16. The summed E-state index contributed by atoms with van der Waals surface area (Å²) in [7, 11) is -2.00. The fourth-order valence-electron chi connectivity index (χ4n) is 4.18. The Labute approximate surface area is 200 Å². The summed E-state index contributed by atoms with van der Waals surface area (Å²) in [6.07, 6.45) is 6.13. The number of para-hydroxylation sites is 2. The van der Waals surface area contributed by atoms with Crippen LogP contribution in [0.3, 0.4) is 0 Å². The van der Waals surface area contributed by atoms with Crippen LogP contribution >= 0.6 is 0 Å². The zero-order valence-corrected chi connectivity index (χ0v) is 20.0. The molecule has 9 heteroatoms. The molecule has 2 amide bonds. The number of anilines is 1. The van der Waals surface area contributed by atoms with Gasteiger partial charge < -0.3 is 15.0 Å². The second kappa shape index (κ2) is 10.4. The molecule has 0 aromatic heterocycles. The number of nitrogens with one attached hydrogen (secondary N) is 1. The standard InChI is InChI=1S/C25H29N3O5S/c1-26-25(30)23-18-28(21-8-4-5-9-22(21)33-23)24(29)15-12-19-10-13-20(14-11-19)34(31,32)27-16-6-2-3-7-17-27/h4-5,8-15,23H,2-3,6-7,16-18H2,1H3,(H,26,30). The van der Waals surface area contributed by atoms with Gasteiger partial charge in [0.25, 0.3) is 11.8 Å². The van der Waals surface area contributed by atoms with E-state index in [0.717, 1.165) is 25.7 Å². The molecule has 0 spiro atoms. The Morgan fingerprint density at radius 2 is 1.68 bits per heavy atom. The minimum atomic E-state index is -3.52. The topological polar surface area (TPSA) is 96.0 Å². The van der Waals surface area contributed by atoms with Gasteiger partial charge in [-0.05, 0) is 48.7 Å². The molecular formula is C25H29N3O5S. The number of likely N-dealkylation sites (N-methyl/N-ethyl adjacent to an activating group) is 1. The zero-order valence-electron chi connectivity index (χ0n) is 19.1. The highest BCUT2D eigenvalue weighted by molar-refractivity contribution is 7.89. The lowest BCUT2D eigenvalue weighted by atomic mass is 10.1. The lowest BCUT2D eigenvalue weighted by molar-refractivity contribution is -0.127. The molecule has 2 aliphatic rings. The molecule has 0 bridgehead atoms. The molecule has 2 heterocycles. The molecule has 180 valence electrons. The lowest BCUT2D eigenvalue weighted by Gasteiger charge is -2.33. The van der Waals surface area contributed by atoms with Gasteiger partial charge in [-0.15, -0.1) is 0 Å². The Morgan fingerprint density at radius 3 is 2.35 bits per heavy atom. The summed E-state index contributed by atoms with van der Waals surface area (Å²) in [5.74, 6) is -0.143. The monoisotopic (exact) mass is 483 g/mol. The van der Waals surface area contributed by atoms with Crippen molar-refractivity contribution >= 4 is 33.6 Å². The van der Waals surface area contributed by atoms with E-state index in [4.69, 9.17) is 4.74 Å². The molecule has 2 aromatic rings. The van der Waals surface area contributed by atoms with Gasteiger partial charge in [-0.2, -0.15) is 4.31 Å². The summed E-state index contributed by atoms with van der Waals surface area (Å²) in [6.45, 7) is 1.19. The highest BCUT2D eigenvalue weighted by atomic mass is 32.2. The molecule has 1 unspecified atom stereocenters. The van der Waals surface area contributed by atoms with Gasteiger partial charge in [0.15, 0.2) is 6.10 Å². The number of fused-ring (bicyclic) bond motifs is 1. The molecule has 8 nitrogen and oxygen atoms in total. The second-order valence-corrected chi connectivity index (χ2v) is 10.3. The zero-order chi connectivity index (χ0) is 24.1. The van der Waals surface area contributed by atoms with Crippen LogP contribution in [-0.4, -0.2) is 57.3 Å². The van der Waals surface area contributed by atoms with Crippen LogP contribution in [0.2, 0.25) is 0 Å². The van der Waals surface area contributed by atoms with Crippen LogP contribution in [0.4, 0.5) is 5.69 Å². The van der Waals surface area contributed by atoms with Gasteiger partial charge in [0, 0.05) is 26.2 Å². The van der Waals surface area contributed by atoms with Crippen molar-refractivity contribution in [3.63, 3.8) is 0 Å². The van der Waals surface area contributed by atoms with Crippen LogP contribution in [0.5, 0.6) is 5.75 Å². The van der Waals surface area contributed by atoms with Gasteiger partial charge in [0.1, 0.15) is 5.75 Å². The first-order valence-electron chi connectivity index (χ1n) is 11.5. The quantitative estimate of drug-likeness (QED) is 0.660. The Bertz CT molecular complexity index is 1170. The SMILES string of the molecule is CNC(=O)C1CN(C(=O)C=Cc2ccc(S(=O)(=O)N3CCCCCC3)cc2)c2ccccc2O1. The Hall–Kier alpha value is -3.17. The fourth-order valence-corrected chi connectivity index (χ4v) is 5.70. The average molecular weight is 484 g/mol. The molecule has 0 radical (unpaired) electrons. The fraction of sp³-hybridized carbons (Fsp3) is 0.360. The predicted octanol–water partition coefficient (Wildman–Crippen LogP) is 2.80. The molecule has 0 saturated carbocycles. The number of sulfonamides is 1. The largest absolute Gasteiger partial charge is 0.477 e. The molecule has 0 aliphatic carbocycles. The van der Waals surface area contributed by atoms with Crippen LogP contribution in [0, 0.1) is 0 Å². The van der Waals surface area contributed by atoms with Crippen molar-refractivity contribution in [3.8, 4) is 5.75 Å². The highest BCUT2D eigenvalue weighted by Crippen LogP contribution is 2.33. The number of carbonyl (C=O) groups excluding carboxylic acids is 2. The number of benzene rings is 2. The van der Waals surface area contributed by atoms with Crippen LogP contribution in [0.15, 0.2) is 59.5 Å². The maximum absolute atomic E-state index is 13.0. The van der Waals surface area contributed by atoms with Gasteiger partial charge in [0.05, 0.1) is 17.1 Å². The molecule has 1 atom stereocenters. The smallest absolute Gasteiger partial charge is 0.262 e. The van der Waals surface area contributed by atoms with E-state index in [1.54, 1.807) is 58.9 Å². The number of hydrogen-bond acceptors (Lipinski definition) is 5. The summed E-state index contributed by atoms with van der Waals surface area (Å²) in [6, 6.07) is 13.6. The normalized spacial score (nSPS) is 19.2. The number of hydrogen-bond donors (Lipinski definition) is 1. The number of rotatable bonds is 5. The minimum absolute atomic E-state index is 0.0902. The van der Waals surface area contributed by atoms with Crippen LogP contribution in [0.25, 0.3) is 6.08 Å². The third kappa shape index (κ3) is 5.15. The molecule has 2 aromatic carbocycles. The Kier molecular flexibility index (Phi) is 7.33. The maximum atomic E-state index is 13.0. The third-order valence-electron chi connectivity index (χ3n) is 6.08. The molecule has 1 saturated heterocycles. The summed E-state index contributed by atoms with van der Waals surface area (Å²) in [5, 5.41) is 2.55. The van der Waals surface area contributed by atoms with Crippen LogP contribution < -0.4 is 15.0 Å². The van der Waals surface area contributed by atoms with Gasteiger partial charge in [-0.3, -0.25) is 9.59 Å². The molecule has 34 heavy (non-hydrogen) atoms. The van der Waals surface area contributed by atoms with Gasteiger partial charge in [-0.25, -0.2) is 8.42 Å². The maximum Gasteiger partial charge on any atom is 0.262 e. The van der Waals surface area contributed by atoms with E-state index in [1.807, 2.05) is 0 Å². The van der Waals surface area contributed by atoms with Crippen molar-refractivity contribution in [2.45, 2.75) is 36.7 Å². The van der Waals surface area contributed by atoms with Crippen molar-refractivity contribution in [1.82, 2.24) is 9.62 Å². The van der Waals surface area contributed by atoms with E-state index in [9.17, 15) is 18.0 Å². The van der Waals surface area contributed by atoms with Crippen molar-refractivity contribution in [2.75, 3.05) is 31.6 Å². The van der Waals surface area contributed by atoms with E-state index < -0.39 is 16.1 Å². The summed E-state index contributed by atoms with van der Waals surface area (Å²) < 4.78 is 33.2. The van der Waals surface area contributed by atoms with Gasteiger partial charge >= 0.3 is 0 Å². The molecular weight excluding hydrogens is 454 g/mol. The first kappa shape index (κ1) is 24.0. The highest BCUT2D eigenvalue weighted by Gasteiger charge is 2.32. The number of ether oxygens (including phenoxy) is 1. The van der Waals surface area contributed by atoms with E-state index >= 15 is 0 Å². The Morgan fingerprint density at radius 1 is 1.00 bits per heavy atom. The van der Waals surface area contributed by atoms with E-state index in [0.29, 0.717) is 30.1 Å². The van der Waals surface area contributed by atoms with E-state index in [-0.39, 0.29) is 23.3 Å². The van der Waals surface area contributed by atoms with E-state index in [1.165, 1.54) is 18.0 Å². The molecule has 2 aliphatic heterocycles. The van der Waals surface area contributed by atoms with Crippen molar-refractivity contribution in [3.05, 3.63) is 60.2 Å². The number of amides is 2. The van der Waals surface area contributed by atoms with Gasteiger partial charge in [-0.1, -0.05) is 37.1 Å². The van der Waals surface area contributed by atoms with Gasteiger partial charge in [0.2, 0.25) is 10.0 Å². The van der Waals surface area contributed by atoms with Crippen LogP contribution in [0.1, 0.15) is 31.2 Å². The predicted molar refractivity (Wildman–Crippen MR) is 130 cm³/mol. The molecule has 1 fully saturated rings. The Balaban J connectivity index is 1.49. The third-order valence-corrected chi connectivity index (χ3v) is 7.99. The summed E-state index contributed by atoms with van der Waals surface area (Å²) in [4.78, 5) is 26.9. The minimum Gasteiger partial charge on any atom is -0.477 e. The van der Waals surface area contributed by atoms with Crippen molar-refractivity contribution in [2.24, 2.45) is 0 Å². The summed E-state index contributed by atoms with van der Waals surface area (Å²) in [5.41, 5.74) is 1.30. The molecule has 4 rings (SSSR count). The van der Waals surface area contributed by atoms with Crippen LogP contribution in [-0.2, 0) is 19.6 Å². The lowest BCUT2D eigenvalue weighted by Crippen LogP contribution is -2.49. The number of nitrogens with zero attached hydrogens (tertiary/aromatic N) is 2. The van der Waals surface area contributed by atoms with Crippen molar-refractivity contribution < 1.29 is 22.7 Å². The summed E-state index contributed by atoms with van der Waals surface area (Å²) >= 11 is 0. The van der Waals surface area contributed by atoms with Crippen molar-refractivity contribution in [1.29, 1.82) is 0 Å².